The van der Waals surface area contributed by atoms with Crippen LogP contribution in [-0.2, 0) is 14.3 Å². The van der Waals surface area contributed by atoms with Gasteiger partial charge in [0.1, 0.15) is 11.6 Å². The Labute approximate surface area is 115 Å². The number of allylic oxidation sites excluding steroid dienone is 1. The number of rotatable bonds is 5. The zero-order valence-electron chi connectivity index (χ0n) is 12.7. The highest BCUT2D eigenvalue weighted by molar-refractivity contribution is 5.81. The van der Waals surface area contributed by atoms with Gasteiger partial charge < -0.3 is 14.8 Å². The van der Waals surface area contributed by atoms with Crippen molar-refractivity contribution in [2.24, 2.45) is 5.92 Å². The van der Waals surface area contributed by atoms with Gasteiger partial charge in [0.25, 0.3) is 0 Å². The molecule has 0 spiro atoms. The lowest BCUT2D eigenvalue weighted by molar-refractivity contribution is -0.143. The molecule has 5 nitrogen and oxygen atoms in total. The zero-order chi connectivity index (χ0) is 15.2. The monoisotopic (exact) mass is 271 g/mol. The molecule has 1 N–H and O–H groups in total. The summed E-state index contributed by atoms with van der Waals surface area (Å²) in [5.74, 6) is -0.391. The van der Waals surface area contributed by atoms with Crippen LogP contribution in [0.1, 0.15) is 41.0 Å². The summed E-state index contributed by atoms with van der Waals surface area (Å²) in [5, 5.41) is 2.53. The molecule has 0 saturated carbocycles. The van der Waals surface area contributed by atoms with Crippen LogP contribution in [0.2, 0.25) is 0 Å². The molecule has 110 valence electrons. The van der Waals surface area contributed by atoms with Crippen LogP contribution < -0.4 is 5.32 Å². The van der Waals surface area contributed by atoms with Crippen molar-refractivity contribution < 1.29 is 19.1 Å². The van der Waals surface area contributed by atoms with E-state index >= 15 is 0 Å². The van der Waals surface area contributed by atoms with E-state index in [9.17, 15) is 9.59 Å². The molecular formula is C14H25NO4. The second-order valence-corrected chi connectivity index (χ2v) is 5.71. The van der Waals surface area contributed by atoms with Gasteiger partial charge in [0.05, 0.1) is 7.11 Å². The maximum atomic E-state index is 11.7. The van der Waals surface area contributed by atoms with Gasteiger partial charge in [0, 0.05) is 0 Å². The SMILES string of the molecule is C=C(C)[C@H](C)C[C@H](NC(=O)OC(C)(C)C)C(=O)OC. The van der Waals surface area contributed by atoms with E-state index < -0.39 is 23.7 Å². The predicted molar refractivity (Wildman–Crippen MR) is 73.8 cm³/mol. The Morgan fingerprint density at radius 3 is 2.21 bits per heavy atom. The third-order valence-electron chi connectivity index (χ3n) is 2.61. The van der Waals surface area contributed by atoms with Crippen LogP contribution in [0, 0.1) is 5.92 Å². The second kappa shape index (κ2) is 7.16. The summed E-state index contributed by atoms with van der Waals surface area (Å²) in [7, 11) is 1.29. The van der Waals surface area contributed by atoms with Crippen molar-refractivity contribution in [3.05, 3.63) is 12.2 Å². The molecule has 1 amide bonds. The quantitative estimate of drug-likeness (QED) is 0.616. The summed E-state index contributed by atoms with van der Waals surface area (Å²) >= 11 is 0. The van der Waals surface area contributed by atoms with Gasteiger partial charge in [-0.25, -0.2) is 9.59 Å². The Balaban J connectivity index is 4.65. The largest absolute Gasteiger partial charge is 0.467 e. The number of amides is 1. The molecule has 0 fully saturated rings. The maximum absolute atomic E-state index is 11.7. The van der Waals surface area contributed by atoms with Gasteiger partial charge in [-0.2, -0.15) is 0 Å². The summed E-state index contributed by atoms with van der Waals surface area (Å²) in [6.45, 7) is 12.9. The molecule has 0 rings (SSSR count). The van der Waals surface area contributed by atoms with Gasteiger partial charge in [-0.05, 0) is 40.0 Å². The molecule has 0 aliphatic heterocycles. The fourth-order valence-electron chi connectivity index (χ4n) is 1.36. The third kappa shape index (κ3) is 7.49. The lowest BCUT2D eigenvalue weighted by atomic mass is 9.96. The number of nitrogens with one attached hydrogen (secondary N) is 1. The van der Waals surface area contributed by atoms with E-state index in [4.69, 9.17) is 4.74 Å². The summed E-state index contributed by atoms with van der Waals surface area (Å²) in [6, 6.07) is -0.730. The van der Waals surface area contributed by atoms with Crippen molar-refractivity contribution in [2.45, 2.75) is 52.7 Å². The van der Waals surface area contributed by atoms with Gasteiger partial charge in [-0.15, -0.1) is 0 Å². The van der Waals surface area contributed by atoms with Crippen molar-refractivity contribution in [1.29, 1.82) is 0 Å². The average molecular weight is 271 g/mol. The molecule has 19 heavy (non-hydrogen) atoms. The Morgan fingerprint density at radius 2 is 1.84 bits per heavy atom. The minimum Gasteiger partial charge on any atom is -0.467 e. The molecule has 0 aromatic heterocycles. The van der Waals surface area contributed by atoms with Gasteiger partial charge in [0.15, 0.2) is 0 Å². The Hall–Kier alpha value is -1.52. The first kappa shape index (κ1) is 17.5. The summed E-state index contributed by atoms with van der Waals surface area (Å²) in [5.41, 5.74) is 0.338. The smallest absolute Gasteiger partial charge is 0.408 e. The second-order valence-electron chi connectivity index (χ2n) is 5.71. The van der Waals surface area contributed by atoms with Crippen molar-refractivity contribution >= 4 is 12.1 Å². The minimum absolute atomic E-state index is 0.0963. The maximum Gasteiger partial charge on any atom is 0.408 e. The van der Waals surface area contributed by atoms with E-state index in [1.54, 1.807) is 20.8 Å². The van der Waals surface area contributed by atoms with E-state index in [2.05, 4.69) is 16.6 Å². The molecular weight excluding hydrogens is 246 g/mol. The fraction of sp³-hybridized carbons (Fsp3) is 0.714. The first-order valence-electron chi connectivity index (χ1n) is 6.29. The minimum atomic E-state index is -0.730. The highest BCUT2D eigenvalue weighted by Gasteiger charge is 2.26. The number of ether oxygens (including phenoxy) is 2. The lowest BCUT2D eigenvalue weighted by Crippen LogP contribution is -2.44. The molecule has 5 heteroatoms. The van der Waals surface area contributed by atoms with E-state index in [-0.39, 0.29) is 5.92 Å². The highest BCUT2D eigenvalue weighted by atomic mass is 16.6. The van der Waals surface area contributed by atoms with E-state index in [0.29, 0.717) is 6.42 Å². The number of carbonyl (C=O) groups excluding carboxylic acids is 2. The molecule has 0 aromatic rings. The van der Waals surface area contributed by atoms with Crippen LogP contribution in [0.25, 0.3) is 0 Å². The number of methoxy groups -OCH3 is 1. The third-order valence-corrected chi connectivity index (χ3v) is 2.61. The molecule has 0 aliphatic rings. The van der Waals surface area contributed by atoms with Crippen LogP contribution in [0.3, 0.4) is 0 Å². The fourth-order valence-corrected chi connectivity index (χ4v) is 1.36. The zero-order valence-corrected chi connectivity index (χ0v) is 12.7. The Kier molecular flexibility index (Phi) is 6.59. The normalized spacial score (nSPS) is 14.2. The number of alkyl carbamates (subject to hydrolysis) is 1. The lowest BCUT2D eigenvalue weighted by Gasteiger charge is -2.24. The summed E-state index contributed by atoms with van der Waals surface area (Å²) < 4.78 is 9.81. The molecule has 0 aromatic carbocycles. The van der Waals surface area contributed by atoms with Gasteiger partial charge in [-0.3, -0.25) is 0 Å². The molecule has 0 heterocycles. The molecule has 0 unspecified atom stereocenters. The van der Waals surface area contributed by atoms with Crippen LogP contribution in [-0.4, -0.2) is 30.8 Å². The molecule has 0 aliphatic carbocycles. The van der Waals surface area contributed by atoms with E-state index in [1.165, 1.54) is 7.11 Å². The Morgan fingerprint density at radius 1 is 1.32 bits per heavy atom. The number of hydrogen-bond acceptors (Lipinski definition) is 4. The van der Waals surface area contributed by atoms with Crippen LogP contribution in [0.4, 0.5) is 4.79 Å². The van der Waals surface area contributed by atoms with Gasteiger partial charge in [0.2, 0.25) is 0 Å². The van der Waals surface area contributed by atoms with Crippen molar-refractivity contribution in [3.8, 4) is 0 Å². The highest BCUT2D eigenvalue weighted by Crippen LogP contribution is 2.15. The summed E-state index contributed by atoms with van der Waals surface area (Å²) in [4.78, 5) is 23.3. The van der Waals surface area contributed by atoms with Crippen molar-refractivity contribution in [3.63, 3.8) is 0 Å². The standard InChI is InChI=1S/C14H25NO4/c1-9(2)10(3)8-11(12(16)18-7)15-13(17)19-14(4,5)6/h10-11H,1,8H2,2-7H3,(H,15,17)/t10-,11+/m1/s1. The first-order valence-corrected chi connectivity index (χ1v) is 6.29. The number of carbonyl (C=O) groups is 2. The van der Waals surface area contributed by atoms with Crippen LogP contribution in [0.15, 0.2) is 12.2 Å². The first-order chi connectivity index (χ1) is 8.56. The van der Waals surface area contributed by atoms with Gasteiger partial charge in [-0.1, -0.05) is 19.1 Å². The topological polar surface area (TPSA) is 64.6 Å². The van der Waals surface area contributed by atoms with E-state index in [0.717, 1.165) is 5.57 Å². The predicted octanol–water partition coefficient (Wildman–Crippen LogP) is 2.66. The van der Waals surface area contributed by atoms with Gasteiger partial charge >= 0.3 is 12.1 Å². The average Bonchev–Trinajstić information content (AvgIpc) is 2.24. The van der Waals surface area contributed by atoms with Crippen LogP contribution in [0.5, 0.6) is 0 Å². The van der Waals surface area contributed by atoms with Crippen molar-refractivity contribution in [1.82, 2.24) is 5.32 Å². The molecule has 2 atom stereocenters. The van der Waals surface area contributed by atoms with E-state index in [1.807, 2.05) is 13.8 Å². The number of hydrogen-bond donors (Lipinski definition) is 1. The number of esters is 1. The van der Waals surface area contributed by atoms with Crippen LogP contribution >= 0.6 is 0 Å². The molecule has 0 radical (unpaired) electrons. The summed E-state index contributed by atoms with van der Waals surface area (Å²) in [6.07, 6.45) is -0.196. The van der Waals surface area contributed by atoms with Crippen molar-refractivity contribution in [2.75, 3.05) is 7.11 Å². The Bertz CT molecular complexity index is 344. The molecule has 0 saturated heterocycles. The molecule has 0 bridgehead atoms.